The van der Waals surface area contributed by atoms with Gasteiger partial charge in [0.15, 0.2) is 5.11 Å². The molecule has 0 unspecified atom stereocenters. The van der Waals surface area contributed by atoms with Gasteiger partial charge in [-0.15, -0.1) is 0 Å². The summed E-state index contributed by atoms with van der Waals surface area (Å²) in [4.78, 5) is 27.1. The van der Waals surface area contributed by atoms with Gasteiger partial charge in [-0.05, 0) is 32.0 Å². The minimum Gasteiger partial charge on any atom is -0.285 e. The van der Waals surface area contributed by atoms with Crippen LogP contribution < -0.4 is 0 Å². The van der Waals surface area contributed by atoms with Gasteiger partial charge >= 0.3 is 0 Å². The molecule has 0 saturated carbocycles. The fourth-order valence-corrected chi connectivity index (χ4v) is 2.16. The van der Waals surface area contributed by atoms with Crippen molar-refractivity contribution in [1.82, 2.24) is 9.80 Å². The molecule has 0 N–H and O–H groups in total. The van der Waals surface area contributed by atoms with E-state index in [1.54, 1.807) is 6.08 Å². The van der Waals surface area contributed by atoms with Gasteiger partial charge in [-0.3, -0.25) is 19.4 Å². The summed E-state index contributed by atoms with van der Waals surface area (Å²) in [5.74, 6) is -0.399. The molecule has 0 aliphatic carbocycles. The van der Waals surface area contributed by atoms with Crippen LogP contribution in [0.2, 0.25) is 0 Å². The van der Waals surface area contributed by atoms with Crippen LogP contribution in [0.4, 0.5) is 0 Å². The predicted octanol–water partition coefficient (Wildman–Crippen LogP) is 1.56. The first-order chi connectivity index (χ1) is 7.93. The van der Waals surface area contributed by atoms with Crippen molar-refractivity contribution in [3.05, 3.63) is 11.6 Å². The number of rotatable bonds is 3. The Morgan fingerprint density at radius 3 is 1.82 bits per heavy atom. The van der Waals surface area contributed by atoms with Crippen molar-refractivity contribution in [2.24, 2.45) is 5.92 Å². The van der Waals surface area contributed by atoms with Crippen LogP contribution in [0, 0.1) is 5.92 Å². The van der Waals surface area contributed by atoms with Crippen LogP contribution in [-0.4, -0.2) is 39.8 Å². The quantitative estimate of drug-likeness (QED) is 0.436. The fourth-order valence-electron chi connectivity index (χ4n) is 1.74. The largest absolute Gasteiger partial charge is 0.285 e. The molecule has 0 aromatic rings. The number of likely N-dealkylation sites (N-methyl/N-ethyl adjacent to an activating group) is 2. The van der Waals surface area contributed by atoms with Crippen LogP contribution >= 0.6 is 12.2 Å². The van der Waals surface area contributed by atoms with Gasteiger partial charge in [0.05, 0.1) is 0 Å². The Labute approximate surface area is 107 Å². The van der Waals surface area contributed by atoms with Crippen LogP contribution in [0.1, 0.15) is 27.7 Å². The maximum absolute atomic E-state index is 12.1. The van der Waals surface area contributed by atoms with Crippen LogP contribution in [0.5, 0.6) is 0 Å². The van der Waals surface area contributed by atoms with Crippen molar-refractivity contribution < 1.29 is 9.59 Å². The molecule has 1 rings (SSSR count). The average molecular weight is 254 g/mol. The van der Waals surface area contributed by atoms with E-state index in [0.29, 0.717) is 18.2 Å². The smallest absolute Gasteiger partial charge is 0.265 e. The van der Waals surface area contributed by atoms with E-state index in [1.807, 2.05) is 27.7 Å². The molecule has 0 aromatic carbocycles. The zero-order valence-corrected chi connectivity index (χ0v) is 11.5. The molecule has 1 aliphatic heterocycles. The third-order valence-electron chi connectivity index (χ3n) is 2.55. The molecule has 1 fully saturated rings. The van der Waals surface area contributed by atoms with Crippen molar-refractivity contribution in [3.63, 3.8) is 0 Å². The van der Waals surface area contributed by atoms with Gasteiger partial charge in [0.1, 0.15) is 5.57 Å². The van der Waals surface area contributed by atoms with E-state index in [0.717, 1.165) is 0 Å². The highest BCUT2D eigenvalue weighted by Crippen LogP contribution is 2.18. The predicted molar refractivity (Wildman–Crippen MR) is 70.3 cm³/mol. The molecule has 1 heterocycles. The van der Waals surface area contributed by atoms with Gasteiger partial charge in [-0.2, -0.15) is 0 Å². The summed E-state index contributed by atoms with van der Waals surface area (Å²) >= 11 is 5.15. The Morgan fingerprint density at radius 1 is 1.12 bits per heavy atom. The number of thiocarbonyl (C=S) groups is 1. The number of nitrogens with zero attached hydrogens (tertiary/aromatic N) is 2. The molecule has 2 amide bonds. The van der Waals surface area contributed by atoms with Gasteiger partial charge in [0.2, 0.25) is 0 Å². The Hall–Kier alpha value is -1.23. The third-order valence-corrected chi connectivity index (χ3v) is 2.99. The lowest BCUT2D eigenvalue weighted by Crippen LogP contribution is -2.56. The summed E-state index contributed by atoms with van der Waals surface area (Å²) in [5.41, 5.74) is 0.234. The highest BCUT2D eigenvalue weighted by atomic mass is 32.1. The van der Waals surface area contributed by atoms with Crippen LogP contribution in [0.25, 0.3) is 0 Å². The first-order valence-corrected chi connectivity index (χ1v) is 6.24. The summed E-state index contributed by atoms with van der Waals surface area (Å²) in [5, 5.41) is 0.311. The molecule has 4 nitrogen and oxygen atoms in total. The molecule has 0 spiro atoms. The Bertz CT molecular complexity index is 360. The molecule has 1 aliphatic rings. The van der Waals surface area contributed by atoms with Crippen LogP contribution in [-0.2, 0) is 9.59 Å². The molecule has 0 bridgehead atoms. The topological polar surface area (TPSA) is 40.6 Å². The second kappa shape index (κ2) is 5.40. The minimum absolute atomic E-state index is 0.155. The third kappa shape index (κ3) is 2.54. The van der Waals surface area contributed by atoms with Crippen molar-refractivity contribution in [3.8, 4) is 0 Å². The molecular weight excluding hydrogens is 236 g/mol. The summed E-state index contributed by atoms with van der Waals surface area (Å²) in [7, 11) is 0. The standard InChI is InChI=1S/C12H18N2O2S/c1-5-13-10(15)9(7-8(3)4)11(16)14(6-2)12(13)17/h7-8H,5-6H2,1-4H3. The summed E-state index contributed by atoms with van der Waals surface area (Å²) in [6, 6.07) is 0. The number of hydrogen-bond acceptors (Lipinski definition) is 3. The molecule has 0 aromatic heterocycles. The molecule has 5 heteroatoms. The van der Waals surface area contributed by atoms with Crippen molar-refractivity contribution in [2.75, 3.05) is 13.1 Å². The van der Waals surface area contributed by atoms with Crippen molar-refractivity contribution in [2.45, 2.75) is 27.7 Å². The van der Waals surface area contributed by atoms with Gasteiger partial charge in [-0.25, -0.2) is 0 Å². The number of carbonyl (C=O) groups is 2. The minimum atomic E-state index is -0.277. The zero-order chi connectivity index (χ0) is 13.2. The Kier molecular flexibility index (Phi) is 4.40. The van der Waals surface area contributed by atoms with Crippen molar-refractivity contribution >= 4 is 29.1 Å². The number of amides is 2. The number of hydrogen-bond donors (Lipinski definition) is 0. The van der Waals surface area contributed by atoms with Crippen LogP contribution in [0.15, 0.2) is 11.6 Å². The van der Waals surface area contributed by atoms with E-state index in [-0.39, 0.29) is 23.3 Å². The Balaban J connectivity index is 3.19. The highest BCUT2D eigenvalue weighted by molar-refractivity contribution is 7.80. The summed E-state index contributed by atoms with van der Waals surface area (Å²) < 4.78 is 0. The SMILES string of the molecule is CCN1C(=O)C(=CC(C)C)C(=O)N(CC)C1=S. The van der Waals surface area contributed by atoms with Crippen LogP contribution in [0.3, 0.4) is 0 Å². The molecule has 0 radical (unpaired) electrons. The molecule has 94 valence electrons. The monoisotopic (exact) mass is 254 g/mol. The summed E-state index contributed by atoms with van der Waals surface area (Å²) in [6.45, 7) is 8.54. The number of allylic oxidation sites excluding steroid dienone is 1. The second-order valence-corrected chi connectivity index (χ2v) is 4.57. The maximum Gasteiger partial charge on any atom is 0.265 e. The second-order valence-electron chi connectivity index (χ2n) is 4.21. The van der Waals surface area contributed by atoms with Gasteiger partial charge in [0, 0.05) is 13.1 Å². The number of carbonyl (C=O) groups excluding carboxylic acids is 2. The first-order valence-electron chi connectivity index (χ1n) is 5.83. The van der Waals surface area contributed by atoms with E-state index in [2.05, 4.69) is 0 Å². The lowest BCUT2D eigenvalue weighted by atomic mass is 10.1. The van der Waals surface area contributed by atoms with Crippen molar-refractivity contribution in [1.29, 1.82) is 0 Å². The lowest BCUT2D eigenvalue weighted by Gasteiger charge is -2.35. The Morgan fingerprint density at radius 2 is 1.53 bits per heavy atom. The summed E-state index contributed by atoms with van der Waals surface area (Å²) in [6.07, 6.45) is 1.71. The molecular formula is C12H18N2O2S. The zero-order valence-electron chi connectivity index (χ0n) is 10.7. The van der Waals surface area contributed by atoms with E-state index in [4.69, 9.17) is 12.2 Å². The highest BCUT2D eigenvalue weighted by Gasteiger charge is 2.37. The van der Waals surface area contributed by atoms with Gasteiger partial charge < -0.3 is 0 Å². The average Bonchev–Trinajstić information content (AvgIpc) is 2.25. The fraction of sp³-hybridized carbons (Fsp3) is 0.583. The van der Waals surface area contributed by atoms with E-state index in [1.165, 1.54) is 9.80 Å². The van der Waals surface area contributed by atoms with Gasteiger partial charge in [-0.1, -0.05) is 19.9 Å². The molecule has 0 atom stereocenters. The lowest BCUT2D eigenvalue weighted by molar-refractivity contribution is -0.133. The van der Waals surface area contributed by atoms with E-state index < -0.39 is 0 Å². The normalized spacial score (nSPS) is 17.2. The molecule has 17 heavy (non-hydrogen) atoms. The van der Waals surface area contributed by atoms with E-state index >= 15 is 0 Å². The van der Waals surface area contributed by atoms with E-state index in [9.17, 15) is 9.59 Å². The molecule has 1 saturated heterocycles. The van der Waals surface area contributed by atoms with Gasteiger partial charge in [0.25, 0.3) is 11.8 Å². The first kappa shape index (κ1) is 13.8. The maximum atomic E-state index is 12.1.